The maximum absolute atomic E-state index is 12.3. The molecule has 1 N–H and O–H groups in total. The highest BCUT2D eigenvalue weighted by molar-refractivity contribution is 6.02. The van der Waals surface area contributed by atoms with Crippen LogP contribution in [0.15, 0.2) is 30.3 Å². The van der Waals surface area contributed by atoms with Gasteiger partial charge in [0.1, 0.15) is 0 Å². The molecule has 1 aliphatic heterocycles. The van der Waals surface area contributed by atoms with Crippen LogP contribution in [0.5, 0.6) is 0 Å². The van der Waals surface area contributed by atoms with Gasteiger partial charge in [-0.2, -0.15) is 0 Å². The van der Waals surface area contributed by atoms with Gasteiger partial charge in [0.2, 0.25) is 5.91 Å². The van der Waals surface area contributed by atoms with Crippen molar-refractivity contribution >= 4 is 11.7 Å². The van der Waals surface area contributed by atoms with E-state index in [-0.39, 0.29) is 23.7 Å². The van der Waals surface area contributed by atoms with Crippen LogP contribution in [0.4, 0.5) is 0 Å². The molecular weight excluding hydrogens is 238 g/mol. The van der Waals surface area contributed by atoms with Crippen LogP contribution in [0.3, 0.4) is 0 Å². The molecule has 0 aliphatic carbocycles. The third-order valence-electron chi connectivity index (χ3n) is 3.77. The number of carbonyl (C=O) groups is 2. The van der Waals surface area contributed by atoms with Gasteiger partial charge in [0.15, 0.2) is 5.78 Å². The molecule has 0 radical (unpaired) electrons. The summed E-state index contributed by atoms with van der Waals surface area (Å²) in [5.41, 5.74) is 0.680. The van der Waals surface area contributed by atoms with E-state index in [4.69, 9.17) is 0 Å². The first-order valence-corrected chi connectivity index (χ1v) is 7.12. The van der Waals surface area contributed by atoms with Gasteiger partial charge in [-0.25, -0.2) is 0 Å². The lowest BCUT2D eigenvalue weighted by atomic mass is 9.87. The average molecular weight is 259 g/mol. The van der Waals surface area contributed by atoms with Gasteiger partial charge in [0, 0.05) is 11.5 Å². The lowest BCUT2D eigenvalue weighted by molar-refractivity contribution is -0.127. The molecule has 0 saturated carbocycles. The van der Waals surface area contributed by atoms with E-state index in [1.54, 1.807) is 12.1 Å². The van der Waals surface area contributed by atoms with E-state index >= 15 is 0 Å². The fraction of sp³-hybridized carbons (Fsp3) is 0.500. The third kappa shape index (κ3) is 3.43. The number of carbonyl (C=O) groups excluding carboxylic acids is 2. The number of ketones is 1. The van der Waals surface area contributed by atoms with Crippen molar-refractivity contribution < 1.29 is 9.59 Å². The normalized spacial score (nSPS) is 22.9. The van der Waals surface area contributed by atoms with Crippen LogP contribution in [0, 0.1) is 5.92 Å². The van der Waals surface area contributed by atoms with Crippen LogP contribution in [0.25, 0.3) is 0 Å². The molecule has 102 valence electrons. The topological polar surface area (TPSA) is 46.2 Å². The van der Waals surface area contributed by atoms with Crippen molar-refractivity contribution in [3.05, 3.63) is 35.9 Å². The Labute approximate surface area is 114 Å². The SMILES string of the molecule is CCCCC1CCC(C(=O)c2ccccc2)NC1=O. The molecule has 19 heavy (non-hydrogen) atoms. The van der Waals surface area contributed by atoms with Crippen molar-refractivity contribution in [3.8, 4) is 0 Å². The molecule has 2 atom stereocenters. The number of hydrogen-bond acceptors (Lipinski definition) is 2. The molecule has 1 fully saturated rings. The number of rotatable bonds is 5. The molecule has 1 aliphatic rings. The molecule has 1 aromatic rings. The number of nitrogens with one attached hydrogen (secondary N) is 1. The minimum atomic E-state index is -0.340. The van der Waals surface area contributed by atoms with Crippen LogP contribution in [0.2, 0.25) is 0 Å². The van der Waals surface area contributed by atoms with E-state index < -0.39 is 0 Å². The Hall–Kier alpha value is -1.64. The zero-order valence-electron chi connectivity index (χ0n) is 11.4. The van der Waals surface area contributed by atoms with E-state index in [9.17, 15) is 9.59 Å². The van der Waals surface area contributed by atoms with Crippen molar-refractivity contribution in [3.63, 3.8) is 0 Å². The highest BCUT2D eigenvalue weighted by Gasteiger charge is 2.31. The first-order valence-electron chi connectivity index (χ1n) is 7.12. The smallest absolute Gasteiger partial charge is 0.223 e. The lowest BCUT2D eigenvalue weighted by Crippen LogP contribution is -2.48. The summed E-state index contributed by atoms with van der Waals surface area (Å²) in [6.07, 6.45) is 4.71. The van der Waals surface area contributed by atoms with Crippen molar-refractivity contribution in [2.24, 2.45) is 5.92 Å². The van der Waals surface area contributed by atoms with Gasteiger partial charge < -0.3 is 5.32 Å². The summed E-state index contributed by atoms with van der Waals surface area (Å²) < 4.78 is 0. The molecule has 0 aromatic heterocycles. The van der Waals surface area contributed by atoms with E-state index in [0.29, 0.717) is 5.56 Å². The van der Waals surface area contributed by atoms with Gasteiger partial charge in [-0.3, -0.25) is 9.59 Å². The van der Waals surface area contributed by atoms with Crippen LogP contribution in [-0.2, 0) is 4.79 Å². The Morgan fingerprint density at radius 3 is 2.63 bits per heavy atom. The van der Waals surface area contributed by atoms with Gasteiger partial charge in [-0.05, 0) is 19.3 Å². The summed E-state index contributed by atoms with van der Waals surface area (Å²) in [4.78, 5) is 24.2. The monoisotopic (exact) mass is 259 g/mol. The van der Waals surface area contributed by atoms with Gasteiger partial charge in [-0.1, -0.05) is 50.1 Å². The van der Waals surface area contributed by atoms with Crippen molar-refractivity contribution in [2.45, 2.75) is 45.1 Å². The number of piperidine rings is 1. The van der Waals surface area contributed by atoms with E-state index in [1.807, 2.05) is 18.2 Å². The Morgan fingerprint density at radius 2 is 2.00 bits per heavy atom. The summed E-state index contributed by atoms with van der Waals surface area (Å²) in [5.74, 6) is 0.177. The first-order chi connectivity index (χ1) is 9.22. The fourth-order valence-electron chi connectivity index (χ4n) is 2.59. The second kappa shape index (κ2) is 6.50. The molecule has 1 heterocycles. The Morgan fingerprint density at radius 1 is 1.26 bits per heavy atom. The van der Waals surface area contributed by atoms with Crippen LogP contribution >= 0.6 is 0 Å². The summed E-state index contributed by atoms with van der Waals surface area (Å²) in [6.45, 7) is 2.13. The predicted molar refractivity (Wildman–Crippen MR) is 75.0 cm³/mol. The lowest BCUT2D eigenvalue weighted by Gasteiger charge is -2.28. The number of amides is 1. The van der Waals surface area contributed by atoms with Gasteiger partial charge in [0.25, 0.3) is 0 Å². The minimum absolute atomic E-state index is 0.0305. The van der Waals surface area contributed by atoms with Gasteiger partial charge >= 0.3 is 0 Å². The van der Waals surface area contributed by atoms with Crippen molar-refractivity contribution in [1.29, 1.82) is 0 Å². The van der Waals surface area contributed by atoms with Gasteiger partial charge in [0.05, 0.1) is 6.04 Å². The summed E-state index contributed by atoms with van der Waals surface area (Å²) in [7, 11) is 0. The zero-order valence-corrected chi connectivity index (χ0v) is 11.4. The van der Waals surface area contributed by atoms with E-state index in [1.165, 1.54) is 0 Å². The molecule has 2 unspecified atom stereocenters. The molecule has 0 spiro atoms. The Bertz CT molecular complexity index is 441. The zero-order chi connectivity index (χ0) is 13.7. The standard InChI is InChI=1S/C16H21NO2/c1-2-3-7-13-10-11-14(17-16(13)19)15(18)12-8-5-4-6-9-12/h4-6,8-9,13-14H,2-3,7,10-11H2,1H3,(H,17,19). The number of hydrogen-bond donors (Lipinski definition) is 1. The molecule has 3 nitrogen and oxygen atoms in total. The third-order valence-corrected chi connectivity index (χ3v) is 3.77. The minimum Gasteiger partial charge on any atom is -0.346 e. The second-order valence-corrected chi connectivity index (χ2v) is 5.21. The number of unbranched alkanes of at least 4 members (excludes halogenated alkanes) is 1. The van der Waals surface area contributed by atoms with Crippen molar-refractivity contribution in [1.82, 2.24) is 5.32 Å². The Balaban J connectivity index is 1.95. The maximum Gasteiger partial charge on any atom is 0.223 e. The Kier molecular flexibility index (Phi) is 4.72. The molecule has 1 amide bonds. The molecule has 0 bridgehead atoms. The average Bonchev–Trinajstić information content (AvgIpc) is 2.46. The van der Waals surface area contributed by atoms with Crippen LogP contribution < -0.4 is 5.32 Å². The molecule has 2 rings (SSSR count). The van der Waals surface area contributed by atoms with Crippen molar-refractivity contribution in [2.75, 3.05) is 0 Å². The van der Waals surface area contributed by atoms with Crippen LogP contribution in [0.1, 0.15) is 49.4 Å². The largest absolute Gasteiger partial charge is 0.346 e. The van der Waals surface area contributed by atoms with E-state index in [0.717, 1.165) is 32.1 Å². The molecule has 3 heteroatoms. The molecule has 1 aromatic carbocycles. The highest BCUT2D eigenvalue weighted by atomic mass is 16.2. The predicted octanol–water partition coefficient (Wildman–Crippen LogP) is 2.95. The van der Waals surface area contributed by atoms with Crippen LogP contribution in [-0.4, -0.2) is 17.7 Å². The maximum atomic E-state index is 12.3. The molecular formula is C16H21NO2. The summed E-state index contributed by atoms with van der Waals surface area (Å²) >= 11 is 0. The number of Topliss-reactive ketones (excluding diaryl/α,β-unsaturated/α-hetero) is 1. The summed E-state index contributed by atoms with van der Waals surface area (Å²) in [5, 5.41) is 2.89. The fourth-order valence-corrected chi connectivity index (χ4v) is 2.59. The number of benzene rings is 1. The second-order valence-electron chi connectivity index (χ2n) is 5.21. The molecule has 1 saturated heterocycles. The highest BCUT2D eigenvalue weighted by Crippen LogP contribution is 2.22. The quantitative estimate of drug-likeness (QED) is 0.826. The summed E-state index contributed by atoms with van der Waals surface area (Å²) in [6, 6.07) is 8.85. The first kappa shape index (κ1) is 13.8. The van der Waals surface area contributed by atoms with E-state index in [2.05, 4.69) is 12.2 Å². The van der Waals surface area contributed by atoms with Gasteiger partial charge in [-0.15, -0.1) is 0 Å².